The van der Waals surface area contributed by atoms with E-state index in [4.69, 9.17) is 0 Å². The lowest BCUT2D eigenvalue weighted by Gasteiger charge is -2.34. The number of hydrogen-bond acceptors (Lipinski definition) is 5. The molecular weight excluding hydrogens is 200 g/mol. The summed E-state index contributed by atoms with van der Waals surface area (Å²) < 4.78 is 22.1. The van der Waals surface area contributed by atoms with E-state index in [1.54, 1.807) is 0 Å². The van der Waals surface area contributed by atoms with Crippen molar-refractivity contribution in [1.29, 1.82) is 0 Å². The predicted octanol–water partition coefficient (Wildman–Crippen LogP) is -0.410. The first-order chi connectivity index (χ1) is 5.52. The van der Waals surface area contributed by atoms with Crippen LogP contribution in [0.4, 0.5) is 0 Å². The Morgan fingerprint density at radius 1 is 1.25 bits per heavy atom. The minimum atomic E-state index is -3.10. The van der Waals surface area contributed by atoms with Crippen molar-refractivity contribution in [3.05, 3.63) is 0 Å². The van der Waals surface area contributed by atoms with Gasteiger partial charge >= 0.3 is 0 Å². The van der Waals surface area contributed by atoms with E-state index in [9.17, 15) is 18.0 Å². The van der Waals surface area contributed by atoms with Crippen LogP contribution >= 0.6 is 11.8 Å². The second-order valence-corrected chi connectivity index (χ2v) is 6.26. The smallest absolute Gasteiger partial charge is 0.209 e. The Kier molecular flexibility index (Phi) is 1.60. The summed E-state index contributed by atoms with van der Waals surface area (Å²) in [4.78, 5) is 21.7. The lowest BCUT2D eigenvalue weighted by Crippen LogP contribution is -2.51. The first kappa shape index (κ1) is 8.25. The zero-order valence-corrected chi connectivity index (χ0v) is 7.65. The van der Waals surface area contributed by atoms with Gasteiger partial charge in [-0.3, -0.25) is 9.59 Å². The molecule has 2 heterocycles. The maximum Gasteiger partial charge on any atom is 0.209 e. The summed E-state index contributed by atoms with van der Waals surface area (Å²) in [5, 5.41) is -1.26. The van der Waals surface area contributed by atoms with Gasteiger partial charge in [-0.25, -0.2) is 8.42 Å². The molecule has 0 aromatic carbocycles. The van der Waals surface area contributed by atoms with Gasteiger partial charge in [-0.15, -0.1) is 0 Å². The summed E-state index contributed by atoms with van der Waals surface area (Å²) in [6.45, 7) is 0. The van der Waals surface area contributed by atoms with Crippen LogP contribution in [0.1, 0.15) is 6.42 Å². The zero-order valence-electron chi connectivity index (χ0n) is 6.02. The minimum absolute atomic E-state index is 0.124. The molecule has 0 amide bonds. The van der Waals surface area contributed by atoms with E-state index in [-0.39, 0.29) is 16.0 Å². The van der Waals surface area contributed by atoms with Crippen LogP contribution in [0.3, 0.4) is 0 Å². The molecule has 2 aliphatic rings. The van der Waals surface area contributed by atoms with Gasteiger partial charge in [-0.2, -0.15) is 0 Å². The zero-order chi connectivity index (χ0) is 8.93. The fourth-order valence-electron chi connectivity index (χ4n) is 1.39. The third-order valence-electron chi connectivity index (χ3n) is 2.23. The highest BCUT2D eigenvalue weighted by molar-refractivity contribution is 8.29. The van der Waals surface area contributed by atoms with Crippen molar-refractivity contribution in [2.24, 2.45) is 5.92 Å². The highest BCUT2D eigenvalue weighted by atomic mass is 32.2. The van der Waals surface area contributed by atoms with Gasteiger partial charge in [0.05, 0.1) is 11.0 Å². The number of thioether (sulfide) groups is 1. The van der Waals surface area contributed by atoms with Crippen LogP contribution in [-0.2, 0) is 19.4 Å². The van der Waals surface area contributed by atoms with Crippen LogP contribution in [0.2, 0.25) is 0 Å². The molecule has 2 rings (SSSR count). The highest BCUT2D eigenvalue weighted by Gasteiger charge is 2.54. The molecule has 12 heavy (non-hydrogen) atoms. The maximum absolute atomic E-state index is 11.0. The van der Waals surface area contributed by atoms with E-state index >= 15 is 0 Å². The second kappa shape index (κ2) is 2.32. The van der Waals surface area contributed by atoms with Gasteiger partial charge in [0.1, 0.15) is 5.92 Å². The van der Waals surface area contributed by atoms with E-state index in [2.05, 4.69) is 0 Å². The number of sulfone groups is 1. The Labute approximate surface area is 73.6 Å². The summed E-state index contributed by atoms with van der Waals surface area (Å²) in [5.41, 5.74) is 0. The van der Waals surface area contributed by atoms with Crippen LogP contribution in [0.5, 0.6) is 0 Å². The summed E-state index contributed by atoms with van der Waals surface area (Å²) in [6, 6.07) is 0. The second-order valence-electron chi connectivity index (χ2n) is 2.91. The first-order valence-electron chi connectivity index (χ1n) is 3.49. The molecular formula is C6H6O4S2. The summed E-state index contributed by atoms with van der Waals surface area (Å²) >= 11 is 0.628. The van der Waals surface area contributed by atoms with Crippen LogP contribution in [0, 0.1) is 5.92 Å². The van der Waals surface area contributed by atoms with Crippen LogP contribution in [0.15, 0.2) is 0 Å². The van der Waals surface area contributed by atoms with Crippen molar-refractivity contribution < 1.29 is 18.0 Å². The Hall–Kier alpha value is -0.360. The van der Waals surface area contributed by atoms with E-state index in [0.717, 1.165) is 0 Å². The maximum atomic E-state index is 11.0. The molecule has 4 nitrogen and oxygen atoms in total. The van der Waals surface area contributed by atoms with Gasteiger partial charge in [-0.05, 0) is 18.2 Å². The van der Waals surface area contributed by atoms with Crippen molar-refractivity contribution in [3.63, 3.8) is 0 Å². The van der Waals surface area contributed by atoms with Crippen LogP contribution < -0.4 is 0 Å². The molecule has 1 unspecified atom stereocenters. The molecule has 0 spiro atoms. The lowest BCUT2D eigenvalue weighted by molar-refractivity contribution is -0.126. The SMILES string of the molecule is O=C1SC(=O)C1C1CCS1(=O)=O. The summed E-state index contributed by atoms with van der Waals surface area (Å²) in [7, 11) is -3.10. The fraction of sp³-hybridized carbons (Fsp3) is 0.667. The average molecular weight is 206 g/mol. The molecule has 0 radical (unpaired) electrons. The van der Waals surface area contributed by atoms with E-state index in [1.165, 1.54) is 0 Å². The third kappa shape index (κ3) is 0.942. The minimum Gasteiger partial charge on any atom is -0.286 e. The third-order valence-corrected chi connectivity index (χ3v) is 5.37. The highest BCUT2D eigenvalue weighted by Crippen LogP contribution is 2.40. The molecule has 2 aliphatic heterocycles. The van der Waals surface area contributed by atoms with E-state index in [0.29, 0.717) is 18.2 Å². The average Bonchev–Trinajstić information content (AvgIpc) is 1.98. The molecule has 0 saturated carbocycles. The number of carbonyl (C=O) groups excluding carboxylic acids is 2. The van der Waals surface area contributed by atoms with Crippen LogP contribution in [0.25, 0.3) is 0 Å². The fourth-order valence-corrected chi connectivity index (χ4v) is 3.92. The van der Waals surface area contributed by atoms with E-state index in [1.807, 2.05) is 0 Å². The van der Waals surface area contributed by atoms with Crippen molar-refractivity contribution in [2.75, 3.05) is 5.75 Å². The van der Waals surface area contributed by atoms with Crippen molar-refractivity contribution in [1.82, 2.24) is 0 Å². The van der Waals surface area contributed by atoms with Crippen LogP contribution in [-0.4, -0.2) is 29.7 Å². The van der Waals surface area contributed by atoms with Gasteiger partial charge in [-0.1, -0.05) is 0 Å². The molecule has 2 saturated heterocycles. The Morgan fingerprint density at radius 2 is 1.83 bits per heavy atom. The summed E-state index contributed by atoms with van der Waals surface area (Å²) in [6.07, 6.45) is 0.463. The molecule has 0 aromatic rings. The molecule has 6 heteroatoms. The van der Waals surface area contributed by atoms with Crippen molar-refractivity contribution in [3.8, 4) is 0 Å². The van der Waals surface area contributed by atoms with Gasteiger partial charge in [0.15, 0.2) is 9.84 Å². The molecule has 0 aromatic heterocycles. The summed E-state index contributed by atoms with van der Waals surface area (Å²) in [5.74, 6) is -0.715. The van der Waals surface area contributed by atoms with Gasteiger partial charge < -0.3 is 0 Å². The molecule has 0 aliphatic carbocycles. The number of rotatable bonds is 1. The molecule has 1 atom stereocenters. The van der Waals surface area contributed by atoms with Crippen molar-refractivity contribution in [2.45, 2.75) is 11.7 Å². The van der Waals surface area contributed by atoms with Crippen molar-refractivity contribution >= 4 is 31.8 Å². The Morgan fingerprint density at radius 3 is 2.00 bits per heavy atom. The Bertz CT molecular complexity index is 342. The molecule has 66 valence electrons. The largest absolute Gasteiger partial charge is 0.286 e. The topological polar surface area (TPSA) is 68.3 Å². The molecule has 0 N–H and O–H groups in total. The van der Waals surface area contributed by atoms with Gasteiger partial charge in [0, 0.05) is 0 Å². The predicted molar refractivity (Wildman–Crippen MR) is 43.3 cm³/mol. The molecule has 0 bridgehead atoms. The quantitative estimate of drug-likeness (QED) is 0.545. The number of hydrogen-bond donors (Lipinski definition) is 0. The lowest BCUT2D eigenvalue weighted by atomic mass is 10.1. The number of carbonyl (C=O) groups is 2. The monoisotopic (exact) mass is 206 g/mol. The molecule has 2 fully saturated rings. The first-order valence-corrected chi connectivity index (χ1v) is 6.03. The van der Waals surface area contributed by atoms with Gasteiger partial charge in [0.2, 0.25) is 10.2 Å². The van der Waals surface area contributed by atoms with E-state index < -0.39 is 21.0 Å². The normalized spacial score (nSPS) is 34.2. The standard InChI is InChI=1S/C6H6O4S2/c7-5-4(6(8)11-5)3-1-2-12(3,9)10/h3-4H,1-2H2. The Balaban J connectivity index is 2.21. The van der Waals surface area contributed by atoms with Gasteiger partial charge in [0.25, 0.3) is 0 Å².